The van der Waals surface area contributed by atoms with Crippen molar-refractivity contribution in [1.29, 1.82) is 0 Å². The number of aryl methyl sites for hydroxylation is 2. The van der Waals surface area contributed by atoms with E-state index in [4.69, 9.17) is 4.74 Å². The van der Waals surface area contributed by atoms with Crippen LogP contribution in [0.2, 0.25) is 0 Å². The number of hydrogen-bond acceptors (Lipinski definition) is 5. The van der Waals surface area contributed by atoms with Crippen LogP contribution in [-0.2, 0) is 26.2 Å². The van der Waals surface area contributed by atoms with Gasteiger partial charge in [-0.05, 0) is 62.1 Å². The smallest absolute Gasteiger partial charge is 0.264 e. The molecule has 0 bridgehead atoms. The average molecular weight is 580 g/mol. The number of carbonyl (C=O) groups excluding carboxylic acids is 2. The van der Waals surface area contributed by atoms with Crippen molar-refractivity contribution in [2.75, 3.05) is 24.5 Å². The highest BCUT2D eigenvalue weighted by atomic mass is 32.2. The average Bonchev–Trinajstić information content (AvgIpc) is 2.97. The van der Waals surface area contributed by atoms with E-state index in [-0.39, 0.29) is 23.0 Å². The molecule has 0 aliphatic heterocycles. The summed E-state index contributed by atoms with van der Waals surface area (Å²) in [5, 5.41) is 2.95. The zero-order valence-electron chi connectivity index (χ0n) is 24.6. The molecule has 0 heterocycles. The molecule has 0 saturated heterocycles. The highest BCUT2D eigenvalue weighted by molar-refractivity contribution is 7.92. The van der Waals surface area contributed by atoms with Crippen LogP contribution in [0.5, 0.6) is 5.75 Å². The molecule has 1 atom stereocenters. The van der Waals surface area contributed by atoms with Crippen LogP contribution in [0.1, 0.15) is 49.8 Å². The quantitative estimate of drug-likeness (QED) is 0.264. The molecule has 0 radical (unpaired) electrons. The zero-order chi connectivity index (χ0) is 30.0. The third kappa shape index (κ3) is 8.10. The summed E-state index contributed by atoms with van der Waals surface area (Å²) in [7, 11) is -2.65. The van der Waals surface area contributed by atoms with Crippen LogP contribution in [0.3, 0.4) is 0 Å². The van der Waals surface area contributed by atoms with Gasteiger partial charge < -0.3 is 15.0 Å². The molecule has 0 unspecified atom stereocenters. The molecule has 2 amide bonds. The van der Waals surface area contributed by atoms with E-state index in [2.05, 4.69) is 5.32 Å². The van der Waals surface area contributed by atoms with E-state index >= 15 is 0 Å². The summed E-state index contributed by atoms with van der Waals surface area (Å²) in [4.78, 5) is 29.0. The fraction of sp³-hybridized carbons (Fsp3) is 0.375. The summed E-state index contributed by atoms with van der Waals surface area (Å²) < 4.78 is 34.4. The van der Waals surface area contributed by atoms with Crippen LogP contribution in [0, 0.1) is 13.8 Å². The second-order valence-corrected chi connectivity index (χ2v) is 11.9. The molecule has 0 aliphatic carbocycles. The van der Waals surface area contributed by atoms with Gasteiger partial charge in [-0.3, -0.25) is 13.9 Å². The van der Waals surface area contributed by atoms with Crippen LogP contribution in [0.25, 0.3) is 0 Å². The number of carbonyl (C=O) groups is 2. The van der Waals surface area contributed by atoms with Crippen molar-refractivity contribution in [3.8, 4) is 5.75 Å². The molecule has 0 spiro atoms. The van der Waals surface area contributed by atoms with Gasteiger partial charge in [0.2, 0.25) is 11.8 Å². The lowest BCUT2D eigenvalue weighted by Crippen LogP contribution is -2.52. The lowest BCUT2D eigenvalue weighted by atomic mass is 10.1. The predicted molar refractivity (Wildman–Crippen MR) is 162 cm³/mol. The van der Waals surface area contributed by atoms with Crippen molar-refractivity contribution in [3.05, 3.63) is 89.5 Å². The molecule has 0 fully saturated rings. The number of anilines is 1. The van der Waals surface area contributed by atoms with Gasteiger partial charge in [-0.1, -0.05) is 68.3 Å². The summed E-state index contributed by atoms with van der Waals surface area (Å²) in [5.41, 5.74) is 3.06. The Labute approximate surface area is 244 Å². The van der Waals surface area contributed by atoms with Gasteiger partial charge in [0, 0.05) is 19.2 Å². The molecule has 3 aromatic carbocycles. The van der Waals surface area contributed by atoms with Gasteiger partial charge in [0.15, 0.2) is 0 Å². The van der Waals surface area contributed by atoms with Crippen molar-refractivity contribution in [2.24, 2.45) is 0 Å². The highest BCUT2D eigenvalue weighted by Crippen LogP contribution is 2.28. The SMILES string of the molecule is CCCCNC(=O)[C@H](CC)N(Cc1ccccc1C)C(=O)CN(c1cccc(OC)c1)S(=O)(=O)c1ccc(C)cc1. The number of benzene rings is 3. The number of ether oxygens (including phenoxy) is 1. The third-order valence-corrected chi connectivity index (χ3v) is 8.83. The normalized spacial score (nSPS) is 11.9. The first-order chi connectivity index (χ1) is 19.6. The Morgan fingerprint density at radius 3 is 2.29 bits per heavy atom. The van der Waals surface area contributed by atoms with E-state index in [1.165, 1.54) is 24.1 Å². The Hall–Kier alpha value is -3.85. The maximum atomic E-state index is 14.2. The minimum absolute atomic E-state index is 0.0634. The van der Waals surface area contributed by atoms with Gasteiger partial charge in [0.25, 0.3) is 10.0 Å². The molecular formula is C32H41N3O5S. The first kappa shape index (κ1) is 31.7. The summed E-state index contributed by atoms with van der Waals surface area (Å²) in [6.07, 6.45) is 2.13. The Kier molecular flexibility index (Phi) is 11.3. The molecular weight excluding hydrogens is 538 g/mol. The fourth-order valence-electron chi connectivity index (χ4n) is 4.53. The fourth-order valence-corrected chi connectivity index (χ4v) is 5.93. The summed E-state index contributed by atoms with van der Waals surface area (Å²) >= 11 is 0. The first-order valence-electron chi connectivity index (χ1n) is 14.0. The zero-order valence-corrected chi connectivity index (χ0v) is 25.4. The molecule has 41 heavy (non-hydrogen) atoms. The van der Waals surface area contributed by atoms with Crippen LogP contribution >= 0.6 is 0 Å². The predicted octanol–water partition coefficient (Wildman–Crippen LogP) is 5.23. The Morgan fingerprint density at radius 2 is 1.66 bits per heavy atom. The van der Waals surface area contributed by atoms with E-state index in [0.717, 1.165) is 33.8 Å². The van der Waals surface area contributed by atoms with Gasteiger partial charge in [-0.25, -0.2) is 8.42 Å². The highest BCUT2D eigenvalue weighted by Gasteiger charge is 2.34. The Bertz CT molecular complexity index is 1420. The standard InChI is InChI=1S/C32H41N3O5S/c1-6-8-20-33-32(37)30(7-2)34(22-26-13-10-9-12-25(26)4)31(36)23-35(27-14-11-15-28(21-27)40-5)41(38,39)29-18-16-24(3)17-19-29/h9-19,21,30H,6-8,20,22-23H2,1-5H3,(H,33,37)/t30-/m0/s1. The minimum Gasteiger partial charge on any atom is -0.497 e. The van der Waals surface area contributed by atoms with Crippen LogP contribution in [-0.4, -0.2) is 51.4 Å². The van der Waals surface area contributed by atoms with Gasteiger partial charge in [0.1, 0.15) is 18.3 Å². The Morgan fingerprint density at radius 1 is 0.951 bits per heavy atom. The van der Waals surface area contributed by atoms with Crippen LogP contribution in [0.15, 0.2) is 77.7 Å². The molecule has 8 nitrogen and oxygen atoms in total. The number of amides is 2. The van der Waals surface area contributed by atoms with Gasteiger partial charge in [-0.15, -0.1) is 0 Å². The van der Waals surface area contributed by atoms with Gasteiger partial charge in [-0.2, -0.15) is 0 Å². The summed E-state index contributed by atoms with van der Waals surface area (Å²) in [5.74, 6) is -0.279. The molecule has 3 aromatic rings. The van der Waals surface area contributed by atoms with E-state index in [1.807, 2.05) is 52.0 Å². The van der Waals surface area contributed by atoms with E-state index in [9.17, 15) is 18.0 Å². The lowest BCUT2D eigenvalue weighted by molar-refractivity contribution is -0.140. The van der Waals surface area contributed by atoms with Crippen molar-refractivity contribution < 1.29 is 22.7 Å². The number of hydrogen-bond donors (Lipinski definition) is 1. The largest absolute Gasteiger partial charge is 0.497 e. The monoisotopic (exact) mass is 579 g/mol. The van der Waals surface area contributed by atoms with Crippen molar-refractivity contribution in [2.45, 2.75) is 64.4 Å². The molecule has 1 N–H and O–H groups in total. The molecule has 0 aromatic heterocycles. The molecule has 220 valence electrons. The second kappa shape index (κ2) is 14.7. The number of methoxy groups -OCH3 is 1. The topological polar surface area (TPSA) is 96.0 Å². The van der Waals surface area contributed by atoms with Gasteiger partial charge in [0.05, 0.1) is 17.7 Å². The van der Waals surface area contributed by atoms with Crippen molar-refractivity contribution >= 4 is 27.5 Å². The second-order valence-electron chi connectivity index (χ2n) is 10.0. The Balaban J connectivity index is 2.06. The first-order valence-corrected chi connectivity index (χ1v) is 15.4. The number of nitrogens with one attached hydrogen (secondary N) is 1. The van der Waals surface area contributed by atoms with Crippen LogP contribution in [0.4, 0.5) is 5.69 Å². The number of rotatable bonds is 14. The maximum absolute atomic E-state index is 14.2. The molecule has 0 saturated carbocycles. The van der Waals surface area contributed by atoms with E-state index in [1.54, 1.807) is 36.4 Å². The van der Waals surface area contributed by atoms with E-state index < -0.39 is 28.5 Å². The molecule has 9 heteroatoms. The van der Waals surface area contributed by atoms with Crippen molar-refractivity contribution in [3.63, 3.8) is 0 Å². The number of sulfonamides is 1. The van der Waals surface area contributed by atoms with E-state index in [0.29, 0.717) is 18.7 Å². The number of nitrogens with zero attached hydrogens (tertiary/aromatic N) is 2. The molecule has 0 aliphatic rings. The lowest BCUT2D eigenvalue weighted by Gasteiger charge is -2.33. The van der Waals surface area contributed by atoms with Crippen molar-refractivity contribution in [1.82, 2.24) is 10.2 Å². The molecule has 3 rings (SSSR count). The summed E-state index contributed by atoms with van der Waals surface area (Å²) in [6.45, 7) is 7.90. The number of unbranched alkanes of at least 4 members (excludes halogenated alkanes) is 1. The van der Waals surface area contributed by atoms with Gasteiger partial charge >= 0.3 is 0 Å². The van der Waals surface area contributed by atoms with Crippen LogP contribution < -0.4 is 14.4 Å². The third-order valence-electron chi connectivity index (χ3n) is 7.05. The minimum atomic E-state index is -4.15. The summed E-state index contributed by atoms with van der Waals surface area (Å²) in [6, 6.07) is 20.0. The maximum Gasteiger partial charge on any atom is 0.264 e.